The second-order valence-electron chi connectivity index (χ2n) is 3.45. The molecule has 0 amide bonds. The van der Waals surface area contributed by atoms with Crippen LogP contribution in [0, 0.1) is 10.1 Å². The van der Waals surface area contributed by atoms with Crippen LogP contribution in [-0.2, 0) is 0 Å². The van der Waals surface area contributed by atoms with E-state index in [9.17, 15) is 14.9 Å². The largest absolute Gasteiger partial charge is 0.496 e. The number of methoxy groups -OCH3 is 1. The fraction of sp³-hybridized carbons (Fsp3) is 0.182. The molecule has 6 nitrogen and oxygen atoms in total. The number of hydrogen-bond donors (Lipinski definition) is 0. The van der Waals surface area contributed by atoms with Crippen molar-refractivity contribution in [3.8, 4) is 5.75 Å². The third-order valence-electron chi connectivity index (χ3n) is 2.40. The average molecular weight is 235 g/mol. The van der Waals surface area contributed by atoms with Crippen LogP contribution in [0.3, 0.4) is 0 Å². The highest BCUT2D eigenvalue weighted by Crippen LogP contribution is 2.33. The molecule has 0 saturated carbocycles. The van der Waals surface area contributed by atoms with Crippen LogP contribution in [0.25, 0.3) is 11.0 Å². The smallest absolute Gasteiger partial charge is 0.434 e. The molecule has 17 heavy (non-hydrogen) atoms. The molecule has 2 aromatic rings. The maximum atomic E-state index is 11.5. The van der Waals surface area contributed by atoms with Gasteiger partial charge in [-0.25, -0.2) is 0 Å². The first-order valence-corrected chi connectivity index (χ1v) is 4.80. The predicted molar refractivity (Wildman–Crippen MR) is 59.4 cm³/mol. The second kappa shape index (κ2) is 3.89. The van der Waals surface area contributed by atoms with E-state index in [-0.39, 0.29) is 5.78 Å². The minimum Gasteiger partial charge on any atom is -0.496 e. The molecule has 0 atom stereocenters. The molecule has 0 aliphatic heterocycles. The molecule has 0 spiro atoms. The lowest BCUT2D eigenvalue weighted by Gasteiger charge is -2.05. The molecule has 0 fully saturated rings. The molecule has 0 unspecified atom stereocenters. The van der Waals surface area contributed by atoms with Crippen molar-refractivity contribution in [3.05, 3.63) is 33.9 Å². The van der Waals surface area contributed by atoms with Crippen molar-refractivity contribution in [2.45, 2.75) is 6.92 Å². The number of nitrogens with zero attached hydrogens (tertiary/aromatic N) is 1. The molecule has 1 heterocycles. The summed E-state index contributed by atoms with van der Waals surface area (Å²) in [5.74, 6) is -0.250. The Labute approximate surface area is 95.9 Å². The van der Waals surface area contributed by atoms with Crippen LogP contribution in [0.15, 0.2) is 22.6 Å². The van der Waals surface area contributed by atoms with Gasteiger partial charge in [-0.1, -0.05) is 0 Å². The first-order valence-electron chi connectivity index (χ1n) is 4.80. The van der Waals surface area contributed by atoms with Crippen molar-refractivity contribution in [2.75, 3.05) is 7.11 Å². The Hall–Kier alpha value is -2.37. The quantitative estimate of drug-likeness (QED) is 0.463. The zero-order valence-electron chi connectivity index (χ0n) is 9.22. The van der Waals surface area contributed by atoms with E-state index in [1.807, 2.05) is 0 Å². The topological polar surface area (TPSA) is 82.6 Å². The number of hydrogen-bond acceptors (Lipinski definition) is 5. The monoisotopic (exact) mass is 235 g/mol. The van der Waals surface area contributed by atoms with Gasteiger partial charge in [0, 0.05) is 5.39 Å². The van der Waals surface area contributed by atoms with Crippen LogP contribution in [0.5, 0.6) is 5.75 Å². The van der Waals surface area contributed by atoms with Crippen molar-refractivity contribution in [2.24, 2.45) is 0 Å². The van der Waals surface area contributed by atoms with E-state index in [2.05, 4.69) is 0 Å². The summed E-state index contributed by atoms with van der Waals surface area (Å²) in [6.45, 7) is 1.37. The Balaban J connectivity index is 2.80. The summed E-state index contributed by atoms with van der Waals surface area (Å²) in [6, 6.07) is 4.31. The molecule has 1 aromatic carbocycles. The van der Waals surface area contributed by atoms with Gasteiger partial charge >= 0.3 is 5.88 Å². The number of Topliss-reactive ketones (excluding diaryl/α,β-unsaturated/α-hetero) is 1. The molecule has 0 aliphatic carbocycles. The number of fused-ring (bicyclic) bond motifs is 1. The predicted octanol–water partition coefficient (Wildman–Crippen LogP) is 2.55. The van der Waals surface area contributed by atoms with Gasteiger partial charge in [-0.15, -0.1) is 0 Å². The Morgan fingerprint density at radius 3 is 2.71 bits per heavy atom. The Morgan fingerprint density at radius 1 is 1.47 bits per heavy atom. The number of carbonyl (C=O) groups excluding carboxylic acids is 1. The summed E-state index contributed by atoms with van der Waals surface area (Å²) in [5.41, 5.74) is 0.588. The van der Waals surface area contributed by atoms with Gasteiger partial charge in [-0.05, 0) is 19.1 Å². The Bertz CT molecular complexity index is 614. The molecule has 88 valence electrons. The van der Waals surface area contributed by atoms with Crippen LogP contribution in [-0.4, -0.2) is 17.8 Å². The van der Waals surface area contributed by atoms with E-state index in [0.29, 0.717) is 22.3 Å². The molecule has 0 bridgehead atoms. The number of rotatable bonds is 3. The second-order valence-corrected chi connectivity index (χ2v) is 3.45. The number of ether oxygens (including phenoxy) is 1. The SMILES string of the molecule is COc1ccc2oc([N+](=O)[O-])cc2c1C(C)=O. The zero-order valence-corrected chi connectivity index (χ0v) is 9.22. The summed E-state index contributed by atoms with van der Waals surface area (Å²) in [4.78, 5) is 21.5. The number of nitro groups is 1. The summed E-state index contributed by atoms with van der Waals surface area (Å²) >= 11 is 0. The highest BCUT2D eigenvalue weighted by Gasteiger charge is 2.20. The average Bonchev–Trinajstić information content (AvgIpc) is 2.70. The van der Waals surface area contributed by atoms with Gasteiger partial charge in [0.2, 0.25) is 0 Å². The number of furan rings is 1. The maximum Gasteiger partial charge on any atom is 0.434 e. The Morgan fingerprint density at radius 2 is 2.18 bits per heavy atom. The summed E-state index contributed by atoms with van der Waals surface area (Å²) in [6.07, 6.45) is 0. The first-order chi connectivity index (χ1) is 8.04. The van der Waals surface area contributed by atoms with E-state index in [4.69, 9.17) is 9.15 Å². The third kappa shape index (κ3) is 1.73. The number of benzene rings is 1. The zero-order chi connectivity index (χ0) is 12.6. The van der Waals surface area contributed by atoms with Gasteiger partial charge in [0.15, 0.2) is 5.78 Å². The van der Waals surface area contributed by atoms with Gasteiger partial charge in [-0.2, -0.15) is 0 Å². The highest BCUT2D eigenvalue weighted by atomic mass is 16.6. The van der Waals surface area contributed by atoms with E-state index >= 15 is 0 Å². The lowest BCUT2D eigenvalue weighted by atomic mass is 10.1. The van der Waals surface area contributed by atoms with Crippen LogP contribution in [0.1, 0.15) is 17.3 Å². The number of ketones is 1. The van der Waals surface area contributed by atoms with Crippen LogP contribution in [0.2, 0.25) is 0 Å². The van der Waals surface area contributed by atoms with Crippen LogP contribution >= 0.6 is 0 Å². The van der Waals surface area contributed by atoms with Gasteiger partial charge in [0.25, 0.3) is 0 Å². The van der Waals surface area contributed by atoms with Crippen molar-refractivity contribution < 1.29 is 18.9 Å². The molecule has 0 aliphatic rings. The molecular formula is C11H9NO5. The van der Waals surface area contributed by atoms with E-state index < -0.39 is 10.8 Å². The molecule has 0 N–H and O–H groups in total. The fourth-order valence-electron chi connectivity index (χ4n) is 1.70. The summed E-state index contributed by atoms with van der Waals surface area (Å²) in [5, 5.41) is 11.0. The standard InChI is InChI=1S/C11H9NO5/c1-6(13)11-7-5-10(12(14)15)17-8(7)3-4-9(11)16-2/h3-5H,1-2H3. The van der Waals surface area contributed by atoms with Gasteiger partial charge in [0.1, 0.15) is 16.3 Å². The minimum atomic E-state index is -0.642. The molecule has 6 heteroatoms. The van der Waals surface area contributed by atoms with Gasteiger partial charge < -0.3 is 9.15 Å². The van der Waals surface area contributed by atoms with Crippen molar-refractivity contribution in [3.63, 3.8) is 0 Å². The fourth-order valence-corrected chi connectivity index (χ4v) is 1.70. The van der Waals surface area contributed by atoms with Crippen molar-refractivity contribution in [1.29, 1.82) is 0 Å². The van der Waals surface area contributed by atoms with Gasteiger partial charge in [0.05, 0.1) is 18.7 Å². The van der Waals surface area contributed by atoms with Gasteiger partial charge in [-0.3, -0.25) is 14.9 Å². The Kier molecular flexibility index (Phi) is 2.55. The normalized spacial score (nSPS) is 10.5. The molecular weight excluding hydrogens is 226 g/mol. The van der Waals surface area contributed by atoms with Crippen LogP contribution in [0.4, 0.5) is 5.88 Å². The molecule has 0 radical (unpaired) electrons. The van der Waals surface area contributed by atoms with Crippen molar-refractivity contribution >= 4 is 22.6 Å². The molecule has 1 aromatic heterocycles. The first kappa shape index (κ1) is 11.1. The lowest BCUT2D eigenvalue weighted by Crippen LogP contribution is -1.97. The van der Waals surface area contributed by atoms with Crippen LogP contribution < -0.4 is 4.74 Å². The van der Waals surface area contributed by atoms with Crippen molar-refractivity contribution in [1.82, 2.24) is 0 Å². The lowest BCUT2D eigenvalue weighted by molar-refractivity contribution is -0.401. The summed E-state index contributed by atoms with van der Waals surface area (Å²) in [7, 11) is 1.43. The van der Waals surface area contributed by atoms with E-state index in [0.717, 1.165) is 0 Å². The maximum absolute atomic E-state index is 11.5. The summed E-state index contributed by atoms with van der Waals surface area (Å²) < 4.78 is 10.1. The third-order valence-corrected chi connectivity index (χ3v) is 2.40. The minimum absolute atomic E-state index is 0.233. The van der Waals surface area contributed by atoms with E-state index in [1.54, 1.807) is 6.07 Å². The van der Waals surface area contributed by atoms with E-state index in [1.165, 1.54) is 26.2 Å². The molecule has 2 rings (SSSR count). The number of carbonyl (C=O) groups is 1. The molecule has 0 saturated heterocycles. The highest BCUT2D eigenvalue weighted by molar-refractivity contribution is 6.08.